The SMILES string of the molecule is CCCC1CCN(c2ccc(CBr)cc2)C1. The third-order valence-corrected chi connectivity index (χ3v) is 4.09. The van der Waals surface area contributed by atoms with Crippen LogP contribution >= 0.6 is 15.9 Å². The molecule has 0 radical (unpaired) electrons. The standard InChI is InChI=1S/C14H20BrN/c1-2-3-13-8-9-16(11-13)14-6-4-12(10-15)5-7-14/h4-7,13H,2-3,8-11H2,1H3. The first-order chi connectivity index (χ1) is 7.83. The molecule has 16 heavy (non-hydrogen) atoms. The van der Waals surface area contributed by atoms with Gasteiger partial charge in [-0.3, -0.25) is 0 Å². The zero-order valence-corrected chi connectivity index (χ0v) is 11.5. The molecule has 0 saturated carbocycles. The van der Waals surface area contributed by atoms with Gasteiger partial charge in [-0.25, -0.2) is 0 Å². The van der Waals surface area contributed by atoms with Crippen molar-refractivity contribution in [1.82, 2.24) is 0 Å². The van der Waals surface area contributed by atoms with Gasteiger partial charge in [0.15, 0.2) is 0 Å². The lowest BCUT2D eigenvalue weighted by Gasteiger charge is -2.18. The zero-order valence-electron chi connectivity index (χ0n) is 9.95. The summed E-state index contributed by atoms with van der Waals surface area (Å²) < 4.78 is 0. The highest BCUT2D eigenvalue weighted by Crippen LogP contribution is 2.26. The van der Waals surface area contributed by atoms with Gasteiger partial charge in [-0.1, -0.05) is 41.4 Å². The molecule has 1 aliphatic heterocycles. The second-order valence-electron chi connectivity index (χ2n) is 4.69. The second kappa shape index (κ2) is 5.72. The summed E-state index contributed by atoms with van der Waals surface area (Å²) in [6, 6.07) is 8.95. The Balaban J connectivity index is 1.97. The lowest BCUT2D eigenvalue weighted by molar-refractivity contribution is 0.530. The Morgan fingerprint density at radius 3 is 2.69 bits per heavy atom. The molecular weight excluding hydrogens is 262 g/mol. The fraction of sp³-hybridized carbons (Fsp3) is 0.571. The lowest BCUT2D eigenvalue weighted by atomic mass is 10.0. The smallest absolute Gasteiger partial charge is 0.0366 e. The van der Waals surface area contributed by atoms with Gasteiger partial charge in [-0.15, -0.1) is 0 Å². The van der Waals surface area contributed by atoms with Gasteiger partial charge in [0.2, 0.25) is 0 Å². The summed E-state index contributed by atoms with van der Waals surface area (Å²) in [5, 5.41) is 0.950. The van der Waals surface area contributed by atoms with Gasteiger partial charge in [0.1, 0.15) is 0 Å². The predicted molar refractivity (Wildman–Crippen MR) is 74.3 cm³/mol. The van der Waals surface area contributed by atoms with Crippen molar-refractivity contribution in [3.63, 3.8) is 0 Å². The van der Waals surface area contributed by atoms with Gasteiger partial charge in [0.05, 0.1) is 0 Å². The van der Waals surface area contributed by atoms with Crippen molar-refractivity contribution in [2.45, 2.75) is 31.5 Å². The van der Waals surface area contributed by atoms with E-state index in [1.807, 2.05) is 0 Å². The number of alkyl halides is 1. The largest absolute Gasteiger partial charge is 0.371 e. The van der Waals surface area contributed by atoms with Crippen LogP contribution in [0.4, 0.5) is 5.69 Å². The molecule has 0 bridgehead atoms. The molecule has 0 amide bonds. The van der Waals surface area contributed by atoms with Crippen LogP contribution in [0.1, 0.15) is 31.7 Å². The number of halogens is 1. The van der Waals surface area contributed by atoms with Gasteiger partial charge in [0.25, 0.3) is 0 Å². The molecule has 1 aromatic rings. The van der Waals surface area contributed by atoms with Gasteiger partial charge in [-0.05, 0) is 36.5 Å². The highest BCUT2D eigenvalue weighted by molar-refractivity contribution is 9.08. The van der Waals surface area contributed by atoms with E-state index in [-0.39, 0.29) is 0 Å². The number of hydrogen-bond acceptors (Lipinski definition) is 1. The zero-order chi connectivity index (χ0) is 11.4. The monoisotopic (exact) mass is 281 g/mol. The summed E-state index contributed by atoms with van der Waals surface area (Å²) >= 11 is 3.48. The van der Waals surface area contributed by atoms with Gasteiger partial charge < -0.3 is 4.90 Å². The van der Waals surface area contributed by atoms with Crippen LogP contribution in [-0.2, 0) is 5.33 Å². The van der Waals surface area contributed by atoms with Crippen LogP contribution in [-0.4, -0.2) is 13.1 Å². The number of anilines is 1. The van der Waals surface area contributed by atoms with Crippen molar-refractivity contribution in [2.75, 3.05) is 18.0 Å². The molecule has 0 N–H and O–H groups in total. The minimum atomic E-state index is 0.917. The molecule has 1 heterocycles. The van der Waals surface area contributed by atoms with E-state index in [1.54, 1.807) is 0 Å². The fourth-order valence-electron chi connectivity index (χ4n) is 2.51. The minimum Gasteiger partial charge on any atom is -0.371 e. The van der Waals surface area contributed by atoms with Crippen molar-refractivity contribution < 1.29 is 0 Å². The maximum absolute atomic E-state index is 3.48. The average Bonchev–Trinajstić information content (AvgIpc) is 2.78. The Morgan fingerprint density at radius 2 is 2.06 bits per heavy atom. The Bertz CT molecular complexity index is 320. The molecule has 1 fully saturated rings. The summed E-state index contributed by atoms with van der Waals surface area (Å²) in [6.45, 7) is 4.77. The molecule has 1 aromatic carbocycles. The summed E-state index contributed by atoms with van der Waals surface area (Å²) in [5.41, 5.74) is 2.75. The first-order valence-electron chi connectivity index (χ1n) is 6.23. The average molecular weight is 282 g/mol. The van der Waals surface area contributed by atoms with E-state index in [0.29, 0.717) is 0 Å². The van der Waals surface area contributed by atoms with Gasteiger partial charge >= 0.3 is 0 Å². The Kier molecular flexibility index (Phi) is 4.28. The van der Waals surface area contributed by atoms with Gasteiger partial charge in [0, 0.05) is 24.1 Å². The Hall–Kier alpha value is -0.500. The van der Waals surface area contributed by atoms with Crippen molar-refractivity contribution in [3.8, 4) is 0 Å². The van der Waals surface area contributed by atoms with E-state index in [9.17, 15) is 0 Å². The van der Waals surface area contributed by atoms with Crippen LogP contribution in [0.15, 0.2) is 24.3 Å². The summed E-state index contributed by atoms with van der Waals surface area (Å²) in [4.78, 5) is 2.53. The summed E-state index contributed by atoms with van der Waals surface area (Å²) in [5.74, 6) is 0.917. The summed E-state index contributed by atoms with van der Waals surface area (Å²) in [7, 11) is 0. The van der Waals surface area contributed by atoms with Crippen molar-refractivity contribution in [2.24, 2.45) is 5.92 Å². The van der Waals surface area contributed by atoms with E-state index < -0.39 is 0 Å². The topological polar surface area (TPSA) is 3.24 Å². The van der Waals surface area contributed by atoms with E-state index in [0.717, 1.165) is 11.2 Å². The molecule has 1 aliphatic rings. The maximum atomic E-state index is 3.48. The third-order valence-electron chi connectivity index (χ3n) is 3.44. The first kappa shape index (κ1) is 12.0. The van der Waals surface area contributed by atoms with Crippen molar-refractivity contribution in [3.05, 3.63) is 29.8 Å². The predicted octanol–water partition coefficient (Wildman–Crippen LogP) is 4.21. The van der Waals surface area contributed by atoms with Crippen LogP contribution in [0.3, 0.4) is 0 Å². The fourth-order valence-corrected chi connectivity index (χ4v) is 2.88. The molecule has 88 valence electrons. The van der Waals surface area contributed by atoms with Crippen LogP contribution in [0.25, 0.3) is 0 Å². The molecule has 0 spiro atoms. The molecule has 1 nitrogen and oxygen atoms in total. The molecule has 2 heteroatoms. The normalized spacial score (nSPS) is 20.4. The van der Waals surface area contributed by atoms with Crippen LogP contribution in [0.2, 0.25) is 0 Å². The van der Waals surface area contributed by atoms with Crippen molar-refractivity contribution >= 4 is 21.6 Å². The lowest BCUT2D eigenvalue weighted by Crippen LogP contribution is -2.19. The van der Waals surface area contributed by atoms with Crippen LogP contribution < -0.4 is 4.90 Å². The molecule has 1 unspecified atom stereocenters. The molecule has 0 aromatic heterocycles. The molecule has 0 aliphatic carbocycles. The molecular formula is C14H20BrN. The highest BCUT2D eigenvalue weighted by atomic mass is 79.9. The summed E-state index contributed by atoms with van der Waals surface area (Å²) in [6.07, 6.45) is 4.07. The van der Waals surface area contributed by atoms with Crippen molar-refractivity contribution in [1.29, 1.82) is 0 Å². The highest BCUT2D eigenvalue weighted by Gasteiger charge is 2.21. The van der Waals surface area contributed by atoms with Crippen LogP contribution in [0, 0.1) is 5.92 Å². The Morgan fingerprint density at radius 1 is 1.31 bits per heavy atom. The molecule has 2 rings (SSSR count). The Labute approximate surface area is 107 Å². The third kappa shape index (κ3) is 2.79. The molecule has 1 atom stereocenters. The quantitative estimate of drug-likeness (QED) is 0.748. The number of benzene rings is 1. The van der Waals surface area contributed by atoms with Gasteiger partial charge in [-0.2, -0.15) is 0 Å². The minimum absolute atomic E-state index is 0.917. The van der Waals surface area contributed by atoms with Crippen LogP contribution in [0.5, 0.6) is 0 Å². The first-order valence-corrected chi connectivity index (χ1v) is 7.35. The maximum Gasteiger partial charge on any atom is 0.0366 e. The van der Waals surface area contributed by atoms with E-state index in [1.165, 1.54) is 43.6 Å². The number of hydrogen-bond donors (Lipinski definition) is 0. The second-order valence-corrected chi connectivity index (χ2v) is 5.25. The van der Waals surface area contributed by atoms with E-state index in [2.05, 4.69) is 52.0 Å². The van der Waals surface area contributed by atoms with E-state index in [4.69, 9.17) is 0 Å². The number of rotatable bonds is 4. The van der Waals surface area contributed by atoms with E-state index >= 15 is 0 Å². The number of nitrogens with zero attached hydrogens (tertiary/aromatic N) is 1. The molecule has 1 saturated heterocycles.